The molecule has 1 radical (unpaired) electrons. The Morgan fingerprint density at radius 3 is 2.86 bits per heavy atom. The van der Waals surface area contributed by atoms with Gasteiger partial charge in [0.2, 0.25) is 0 Å². The Morgan fingerprint density at radius 2 is 2.43 bits per heavy atom. The molecule has 0 fully saturated rings. The molecular weight excluding hydrogens is 84.1 g/mol. The minimum atomic E-state index is 0.873. The van der Waals surface area contributed by atoms with Crippen LogP contribution in [0.25, 0.3) is 0 Å². The van der Waals surface area contributed by atoms with Gasteiger partial charge in [-0.25, -0.2) is 0 Å². The molecular formula is C7H7. The third-order valence-electron chi connectivity index (χ3n) is 0.434. The molecule has 0 aliphatic rings. The van der Waals surface area contributed by atoms with E-state index in [1.54, 1.807) is 0 Å². The fourth-order valence-corrected chi connectivity index (χ4v) is 0.195. The maximum Gasteiger partial charge on any atom is 0.106 e. The lowest BCUT2D eigenvalue weighted by molar-refractivity contribution is 1.28. The van der Waals surface area contributed by atoms with Crippen molar-refractivity contribution in [1.29, 1.82) is 0 Å². The van der Waals surface area contributed by atoms with Crippen LogP contribution < -0.4 is 0 Å². The fraction of sp³-hybridized carbons (Fsp3) is 0.286. The van der Waals surface area contributed by atoms with Gasteiger partial charge < -0.3 is 0 Å². The average molecular weight is 91.1 g/mol. The summed E-state index contributed by atoms with van der Waals surface area (Å²) in [6.45, 7) is 1.98. The molecule has 0 aromatic rings. The molecule has 0 aromatic carbocycles. The van der Waals surface area contributed by atoms with E-state index in [9.17, 15) is 0 Å². The van der Waals surface area contributed by atoms with Crippen molar-refractivity contribution in [1.82, 2.24) is 0 Å². The molecule has 0 rings (SSSR count). The van der Waals surface area contributed by atoms with Crippen molar-refractivity contribution in [2.75, 3.05) is 0 Å². The van der Waals surface area contributed by atoms with Gasteiger partial charge in [0.05, 0.1) is 0 Å². The van der Waals surface area contributed by atoms with Gasteiger partial charge in [-0.3, -0.25) is 0 Å². The first-order valence-corrected chi connectivity index (χ1v) is 2.18. The molecule has 0 aliphatic heterocycles. The molecule has 7 heavy (non-hydrogen) atoms. The average Bonchev–Trinajstić information content (AvgIpc) is 1.69. The van der Waals surface area contributed by atoms with Crippen molar-refractivity contribution in [3.8, 4) is 24.2 Å². The molecule has 0 aliphatic carbocycles. The van der Waals surface area contributed by atoms with Gasteiger partial charge in [0.25, 0.3) is 0 Å². The predicted molar refractivity (Wildman–Crippen MR) is 31.2 cm³/mol. The van der Waals surface area contributed by atoms with Crippen LogP contribution in [0.3, 0.4) is 0 Å². The zero-order valence-corrected chi connectivity index (χ0v) is 4.36. The smallest absolute Gasteiger partial charge is 0.106 e. The Balaban J connectivity index is 3.12. The highest BCUT2D eigenvalue weighted by Gasteiger charge is 1.61. The van der Waals surface area contributed by atoms with Crippen molar-refractivity contribution < 1.29 is 0 Å². The van der Waals surface area contributed by atoms with Gasteiger partial charge in [0.15, 0.2) is 0 Å². The maximum atomic E-state index is 4.86. The second-order valence-electron chi connectivity index (χ2n) is 0.986. The SMILES string of the molecule is C#C[CH]C#CCC. The van der Waals surface area contributed by atoms with Crippen LogP contribution >= 0.6 is 0 Å². The monoisotopic (exact) mass is 91.1 g/mol. The Labute approximate surface area is 44.9 Å². The third kappa shape index (κ3) is 5.12. The van der Waals surface area contributed by atoms with E-state index in [0.717, 1.165) is 6.42 Å². The number of rotatable bonds is 0. The number of terminal acetylenes is 1. The van der Waals surface area contributed by atoms with Gasteiger partial charge in [-0.15, -0.1) is 12.3 Å². The minimum Gasteiger partial charge on any atom is -0.119 e. The van der Waals surface area contributed by atoms with E-state index in [0.29, 0.717) is 0 Å². The molecule has 0 spiro atoms. The molecule has 0 N–H and O–H groups in total. The van der Waals surface area contributed by atoms with Crippen LogP contribution in [-0.2, 0) is 0 Å². The second-order valence-corrected chi connectivity index (χ2v) is 0.986. The highest BCUT2D eigenvalue weighted by atomic mass is 13.6. The summed E-state index contributed by atoms with van der Waals surface area (Å²) >= 11 is 0. The van der Waals surface area contributed by atoms with E-state index >= 15 is 0 Å². The largest absolute Gasteiger partial charge is 0.119 e. The summed E-state index contributed by atoms with van der Waals surface area (Å²) in [6, 6.07) is 0. The van der Waals surface area contributed by atoms with E-state index < -0.39 is 0 Å². The Morgan fingerprint density at radius 1 is 1.71 bits per heavy atom. The second kappa shape index (κ2) is 5.12. The van der Waals surface area contributed by atoms with Crippen molar-refractivity contribution in [2.45, 2.75) is 13.3 Å². The molecule has 0 heteroatoms. The summed E-state index contributed by atoms with van der Waals surface area (Å²) in [5, 5.41) is 0. The highest BCUT2D eigenvalue weighted by Crippen LogP contribution is 1.69. The lowest BCUT2D eigenvalue weighted by Gasteiger charge is -1.65. The zero-order valence-electron chi connectivity index (χ0n) is 4.36. The van der Waals surface area contributed by atoms with Crippen LogP contribution in [0, 0.1) is 30.6 Å². The first kappa shape index (κ1) is 6.12. The summed E-state index contributed by atoms with van der Waals surface area (Å²) in [7, 11) is 0. The number of hydrogen-bond donors (Lipinski definition) is 0. The fourth-order valence-electron chi connectivity index (χ4n) is 0.195. The molecule has 0 saturated heterocycles. The maximum absolute atomic E-state index is 4.86. The Kier molecular flexibility index (Phi) is 4.48. The van der Waals surface area contributed by atoms with Gasteiger partial charge in [0, 0.05) is 6.42 Å². The molecule has 0 bridgehead atoms. The summed E-state index contributed by atoms with van der Waals surface area (Å²) in [6.07, 6.45) is 7.24. The summed E-state index contributed by atoms with van der Waals surface area (Å²) in [5.74, 6) is 7.78. The molecule has 0 amide bonds. The van der Waals surface area contributed by atoms with Crippen LogP contribution in [-0.4, -0.2) is 0 Å². The van der Waals surface area contributed by atoms with Crippen molar-refractivity contribution in [3.05, 3.63) is 6.42 Å². The van der Waals surface area contributed by atoms with E-state index in [1.807, 2.05) is 6.92 Å². The van der Waals surface area contributed by atoms with E-state index in [2.05, 4.69) is 17.8 Å². The normalized spacial score (nSPS) is 5.71. The van der Waals surface area contributed by atoms with Crippen molar-refractivity contribution in [3.63, 3.8) is 0 Å². The Bertz CT molecular complexity index is 115. The summed E-state index contributed by atoms with van der Waals surface area (Å²) in [4.78, 5) is 0. The predicted octanol–water partition coefficient (Wildman–Crippen LogP) is 1.24. The summed E-state index contributed by atoms with van der Waals surface area (Å²) in [5.41, 5.74) is 0. The quantitative estimate of drug-likeness (QED) is 0.393. The highest BCUT2D eigenvalue weighted by molar-refractivity contribution is 5.22. The molecule has 0 aromatic heterocycles. The molecule has 0 nitrogen and oxygen atoms in total. The molecule has 0 unspecified atom stereocenters. The minimum absolute atomic E-state index is 0.873. The molecule has 0 heterocycles. The van der Waals surface area contributed by atoms with E-state index in [4.69, 9.17) is 6.42 Å². The van der Waals surface area contributed by atoms with Crippen LogP contribution in [0.2, 0.25) is 0 Å². The zero-order chi connectivity index (χ0) is 5.54. The standard InChI is InChI=1S/C7H7/c1-3-5-7-6-4-2/h1,5H,4H2,2H3. The lowest BCUT2D eigenvalue weighted by Crippen LogP contribution is -1.57. The molecule has 0 atom stereocenters. The van der Waals surface area contributed by atoms with Crippen LogP contribution in [0.4, 0.5) is 0 Å². The first-order chi connectivity index (χ1) is 3.41. The van der Waals surface area contributed by atoms with Crippen molar-refractivity contribution >= 4 is 0 Å². The van der Waals surface area contributed by atoms with Crippen LogP contribution in [0.1, 0.15) is 13.3 Å². The van der Waals surface area contributed by atoms with Gasteiger partial charge in [0.1, 0.15) is 6.42 Å². The molecule has 0 saturated carbocycles. The van der Waals surface area contributed by atoms with E-state index in [-0.39, 0.29) is 0 Å². The number of hydrogen-bond acceptors (Lipinski definition) is 0. The Hall–Kier alpha value is -0.880. The molecule has 35 valence electrons. The van der Waals surface area contributed by atoms with Gasteiger partial charge >= 0.3 is 0 Å². The topological polar surface area (TPSA) is 0 Å². The van der Waals surface area contributed by atoms with Crippen LogP contribution in [0.15, 0.2) is 0 Å². The van der Waals surface area contributed by atoms with E-state index in [1.165, 1.54) is 6.42 Å². The van der Waals surface area contributed by atoms with Gasteiger partial charge in [-0.05, 0) is 0 Å². The lowest BCUT2D eigenvalue weighted by atomic mass is 10.4. The third-order valence-corrected chi connectivity index (χ3v) is 0.434. The van der Waals surface area contributed by atoms with Gasteiger partial charge in [-0.1, -0.05) is 18.8 Å². The summed E-state index contributed by atoms with van der Waals surface area (Å²) < 4.78 is 0. The van der Waals surface area contributed by atoms with Crippen LogP contribution in [0.5, 0.6) is 0 Å². The van der Waals surface area contributed by atoms with Gasteiger partial charge in [-0.2, -0.15) is 0 Å². The van der Waals surface area contributed by atoms with Crippen molar-refractivity contribution in [2.24, 2.45) is 0 Å². The first-order valence-electron chi connectivity index (χ1n) is 2.18.